The molecular formula is C27H17Cl4N5S4. The molecule has 5 aromatic rings. The molecule has 5 rings (SSSR count). The summed E-state index contributed by atoms with van der Waals surface area (Å²) in [7, 11) is 0. The summed E-state index contributed by atoms with van der Waals surface area (Å²) in [6.07, 6.45) is 1.47. The van der Waals surface area contributed by atoms with Crippen LogP contribution in [0.25, 0.3) is 0 Å². The van der Waals surface area contributed by atoms with Gasteiger partial charge in [-0.05, 0) is 48.5 Å². The van der Waals surface area contributed by atoms with Gasteiger partial charge in [-0.25, -0.2) is 7.42 Å². The summed E-state index contributed by atoms with van der Waals surface area (Å²) in [6.45, 7) is 0. The zero-order chi connectivity index (χ0) is 27.9. The van der Waals surface area contributed by atoms with E-state index in [0.29, 0.717) is 32.0 Å². The molecule has 0 aliphatic rings. The molecule has 0 bridgehead atoms. The predicted octanol–water partition coefficient (Wildman–Crippen LogP) is 10.9. The third-order valence-electron chi connectivity index (χ3n) is 4.94. The van der Waals surface area contributed by atoms with Gasteiger partial charge in [0.2, 0.25) is 0 Å². The van der Waals surface area contributed by atoms with Crippen LogP contribution < -0.4 is 7.42 Å². The van der Waals surface area contributed by atoms with E-state index in [9.17, 15) is 0 Å². The maximum absolute atomic E-state index is 6.51. The third-order valence-corrected chi connectivity index (χ3v) is 11.1. The lowest BCUT2D eigenvalue weighted by molar-refractivity contribution is 1.05. The Labute approximate surface area is 269 Å². The Hall–Kier alpha value is -1.95. The Kier molecular flexibility index (Phi) is 10.6. The standard InChI is InChI=1S/C27H17Cl4N5S4/c28-18-9-1-5-13-22(18)37-35(38-23-14-6-2-10-19(23)29)26-32-17-33-27(34-26)36(39-24-15-7-3-11-20(24)30)40-25-16-8-4-12-21(25)31/h1-17H. The molecule has 0 atom stereocenters. The smallest absolute Gasteiger partial charge is 0.215 e. The van der Waals surface area contributed by atoms with Crippen molar-refractivity contribution in [2.75, 3.05) is 7.42 Å². The van der Waals surface area contributed by atoms with Gasteiger partial charge >= 0.3 is 0 Å². The first kappa shape index (κ1) is 29.5. The molecule has 0 saturated carbocycles. The van der Waals surface area contributed by atoms with Crippen molar-refractivity contribution in [3.8, 4) is 0 Å². The first-order chi connectivity index (χ1) is 19.5. The number of aromatic nitrogens is 3. The maximum atomic E-state index is 6.51. The molecule has 1 aromatic heterocycles. The van der Waals surface area contributed by atoms with Crippen LogP contribution in [-0.2, 0) is 0 Å². The van der Waals surface area contributed by atoms with Crippen molar-refractivity contribution in [1.29, 1.82) is 0 Å². The van der Waals surface area contributed by atoms with Crippen molar-refractivity contribution in [2.45, 2.75) is 19.6 Å². The zero-order valence-electron chi connectivity index (χ0n) is 20.2. The summed E-state index contributed by atoms with van der Waals surface area (Å²) >= 11 is 31.6. The van der Waals surface area contributed by atoms with E-state index < -0.39 is 0 Å². The molecule has 0 unspecified atom stereocenters. The average molecular weight is 682 g/mol. The Balaban J connectivity index is 1.53. The van der Waals surface area contributed by atoms with Crippen LogP contribution in [-0.4, -0.2) is 15.0 Å². The van der Waals surface area contributed by atoms with Gasteiger partial charge in [0, 0.05) is 67.4 Å². The molecule has 4 aromatic carbocycles. The minimum atomic E-state index is 0.393. The summed E-state index contributed by atoms with van der Waals surface area (Å²) in [5.74, 6) is 0.786. The molecular weight excluding hydrogens is 664 g/mol. The van der Waals surface area contributed by atoms with Gasteiger partial charge in [0.25, 0.3) is 11.9 Å². The maximum Gasteiger partial charge on any atom is 0.251 e. The summed E-state index contributed by atoms with van der Waals surface area (Å²) in [6, 6.07) is 30.3. The number of hydrogen-bond donors (Lipinski definition) is 0. The van der Waals surface area contributed by atoms with Gasteiger partial charge in [0.05, 0.1) is 20.1 Å². The number of halogens is 4. The van der Waals surface area contributed by atoms with Crippen LogP contribution in [0.3, 0.4) is 0 Å². The highest BCUT2D eigenvalue weighted by Gasteiger charge is 2.22. The minimum absolute atomic E-state index is 0.393. The van der Waals surface area contributed by atoms with Gasteiger partial charge in [0.15, 0.2) is 0 Å². The summed E-state index contributed by atoms with van der Waals surface area (Å²) in [5.41, 5.74) is 0. The molecule has 5 nitrogen and oxygen atoms in total. The van der Waals surface area contributed by atoms with Crippen LogP contribution in [0.4, 0.5) is 11.9 Å². The highest BCUT2D eigenvalue weighted by molar-refractivity contribution is 8.18. The first-order valence-corrected chi connectivity index (χ1v) is 16.1. The predicted molar refractivity (Wildman–Crippen MR) is 174 cm³/mol. The lowest BCUT2D eigenvalue weighted by Gasteiger charge is -2.23. The van der Waals surface area contributed by atoms with Gasteiger partial charge in [0.1, 0.15) is 6.33 Å². The Morgan fingerprint density at radius 1 is 0.425 bits per heavy atom. The molecule has 0 aliphatic heterocycles. The topological polar surface area (TPSA) is 45.2 Å². The van der Waals surface area contributed by atoms with E-state index in [0.717, 1.165) is 19.6 Å². The van der Waals surface area contributed by atoms with Gasteiger partial charge in [-0.3, -0.25) is 0 Å². The van der Waals surface area contributed by atoms with Crippen LogP contribution in [0.1, 0.15) is 0 Å². The van der Waals surface area contributed by atoms with Crippen LogP contribution in [0, 0.1) is 0 Å². The molecule has 0 radical (unpaired) electrons. The SMILES string of the molecule is Clc1ccccc1SN(Sc1ccccc1Cl)c1ncnc(N(Sc2ccccc2Cl)Sc2ccccc2Cl)n1. The Morgan fingerprint density at radius 3 is 0.975 bits per heavy atom. The summed E-state index contributed by atoms with van der Waals surface area (Å²) < 4.78 is 3.71. The number of rotatable bonds is 10. The van der Waals surface area contributed by atoms with E-state index in [-0.39, 0.29) is 0 Å². The molecule has 0 spiro atoms. The number of benzene rings is 4. The van der Waals surface area contributed by atoms with Crippen molar-refractivity contribution < 1.29 is 0 Å². The second-order valence-electron chi connectivity index (χ2n) is 7.69. The zero-order valence-corrected chi connectivity index (χ0v) is 26.5. The Bertz CT molecular complexity index is 1400. The molecule has 13 heteroatoms. The van der Waals surface area contributed by atoms with Crippen LogP contribution in [0.15, 0.2) is 123 Å². The first-order valence-electron chi connectivity index (χ1n) is 11.5. The monoisotopic (exact) mass is 679 g/mol. The van der Waals surface area contributed by atoms with Gasteiger partial charge in [-0.15, -0.1) is 0 Å². The largest absolute Gasteiger partial charge is 0.251 e. The van der Waals surface area contributed by atoms with E-state index in [1.165, 1.54) is 54.1 Å². The number of nitrogens with zero attached hydrogens (tertiary/aromatic N) is 5. The molecule has 0 saturated heterocycles. The van der Waals surface area contributed by atoms with E-state index in [1.807, 2.05) is 104 Å². The van der Waals surface area contributed by atoms with Crippen molar-refractivity contribution in [1.82, 2.24) is 15.0 Å². The van der Waals surface area contributed by atoms with Gasteiger partial charge in [-0.2, -0.15) is 15.0 Å². The third kappa shape index (κ3) is 7.66. The molecule has 40 heavy (non-hydrogen) atoms. The molecule has 0 amide bonds. The highest BCUT2D eigenvalue weighted by atomic mass is 35.5. The van der Waals surface area contributed by atoms with Crippen molar-refractivity contribution in [3.63, 3.8) is 0 Å². The molecule has 1 heterocycles. The fourth-order valence-electron chi connectivity index (χ4n) is 3.09. The highest BCUT2D eigenvalue weighted by Crippen LogP contribution is 2.44. The van der Waals surface area contributed by atoms with Gasteiger partial charge < -0.3 is 0 Å². The lowest BCUT2D eigenvalue weighted by atomic mass is 10.4. The summed E-state index contributed by atoms with van der Waals surface area (Å²) in [4.78, 5) is 17.2. The van der Waals surface area contributed by atoms with E-state index >= 15 is 0 Å². The van der Waals surface area contributed by atoms with E-state index in [4.69, 9.17) is 51.4 Å². The summed E-state index contributed by atoms with van der Waals surface area (Å²) in [5, 5.41) is 2.43. The van der Waals surface area contributed by atoms with E-state index in [2.05, 4.69) is 9.97 Å². The fraction of sp³-hybridized carbons (Fsp3) is 0. The second kappa shape index (κ2) is 14.3. The molecule has 0 N–H and O–H groups in total. The van der Waals surface area contributed by atoms with Crippen molar-refractivity contribution in [2.24, 2.45) is 0 Å². The van der Waals surface area contributed by atoms with Crippen molar-refractivity contribution in [3.05, 3.63) is 123 Å². The van der Waals surface area contributed by atoms with Crippen LogP contribution in [0.5, 0.6) is 0 Å². The van der Waals surface area contributed by atoms with Crippen LogP contribution >= 0.6 is 94.2 Å². The van der Waals surface area contributed by atoms with Crippen molar-refractivity contribution >= 4 is 106 Å². The Morgan fingerprint density at radius 2 is 0.700 bits per heavy atom. The molecule has 0 aliphatic carbocycles. The second-order valence-corrected chi connectivity index (χ2v) is 13.7. The van der Waals surface area contributed by atoms with Gasteiger partial charge in [-0.1, -0.05) is 94.9 Å². The minimum Gasteiger partial charge on any atom is -0.215 e. The normalized spacial score (nSPS) is 10.9. The number of hydrogen-bond acceptors (Lipinski definition) is 9. The lowest BCUT2D eigenvalue weighted by Crippen LogP contribution is -2.13. The van der Waals surface area contributed by atoms with Crippen LogP contribution in [0.2, 0.25) is 20.1 Å². The molecule has 0 fully saturated rings. The average Bonchev–Trinajstić information content (AvgIpc) is 2.97. The quantitative estimate of drug-likeness (QED) is 0.134. The molecule has 202 valence electrons. The fourth-order valence-corrected chi connectivity index (χ4v) is 7.88. The van der Waals surface area contributed by atoms with E-state index in [1.54, 1.807) is 0 Å². The number of anilines is 2.